The van der Waals surface area contributed by atoms with Crippen LogP contribution in [-0.4, -0.2) is 11.7 Å². The fourth-order valence-electron chi connectivity index (χ4n) is 1.01. The largest absolute Gasteiger partial charge is 0.384 e. The van der Waals surface area contributed by atoms with Gasteiger partial charge in [-0.3, -0.25) is 10.2 Å². The van der Waals surface area contributed by atoms with Gasteiger partial charge in [0.25, 0.3) is 0 Å². The number of carbonyl (C=O) groups excluding carboxylic acids is 1. The van der Waals surface area contributed by atoms with Crippen LogP contribution in [0.2, 0.25) is 0 Å². The quantitative estimate of drug-likeness (QED) is 0.487. The summed E-state index contributed by atoms with van der Waals surface area (Å²) in [5, 5.41) is 9.46. The molecular weight excluding hydrogens is 185 g/mol. The van der Waals surface area contributed by atoms with Crippen molar-refractivity contribution in [1.82, 2.24) is 0 Å². The summed E-state index contributed by atoms with van der Waals surface area (Å²) in [5.74, 6) is -1.24. The maximum atomic E-state index is 13.2. The SMILES string of the molecule is CC(=O)Nc1ccc(C(=N)N)c(F)c1. The summed E-state index contributed by atoms with van der Waals surface area (Å²) in [5.41, 5.74) is 5.50. The van der Waals surface area contributed by atoms with Gasteiger partial charge in [-0.15, -0.1) is 0 Å². The minimum absolute atomic E-state index is 0.0269. The normalized spacial score (nSPS) is 9.57. The molecule has 0 bridgehead atoms. The number of amidine groups is 1. The van der Waals surface area contributed by atoms with Gasteiger partial charge in [0.1, 0.15) is 11.7 Å². The van der Waals surface area contributed by atoms with Crippen LogP contribution in [0, 0.1) is 11.2 Å². The molecule has 4 nitrogen and oxygen atoms in total. The minimum Gasteiger partial charge on any atom is -0.384 e. The summed E-state index contributed by atoms with van der Waals surface area (Å²) in [4.78, 5) is 10.6. The molecule has 0 aliphatic carbocycles. The monoisotopic (exact) mass is 195 g/mol. The van der Waals surface area contributed by atoms with Gasteiger partial charge in [-0.25, -0.2) is 4.39 Å². The van der Waals surface area contributed by atoms with E-state index in [1.54, 1.807) is 0 Å². The van der Waals surface area contributed by atoms with E-state index in [2.05, 4.69) is 5.32 Å². The first-order valence-electron chi connectivity index (χ1n) is 3.92. The smallest absolute Gasteiger partial charge is 0.221 e. The number of anilines is 1. The molecule has 1 rings (SSSR count). The Labute approximate surface area is 80.4 Å². The molecule has 4 N–H and O–H groups in total. The van der Waals surface area contributed by atoms with Crippen LogP contribution in [0.3, 0.4) is 0 Å². The van der Waals surface area contributed by atoms with Crippen LogP contribution in [0.15, 0.2) is 18.2 Å². The van der Waals surface area contributed by atoms with Gasteiger partial charge < -0.3 is 11.1 Å². The standard InChI is InChI=1S/C9H10FN3O/c1-5(14)13-6-2-3-7(9(11)12)8(10)4-6/h2-4H,1H3,(H3,11,12)(H,13,14). The third-order valence-electron chi connectivity index (χ3n) is 1.58. The predicted molar refractivity (Wildman–Crippen MR) is 51.7 cm³/mol. The lowest BCUT2D eigenvalue weighted by Crippen LogP contribution is -2.14. The number of carbonyl (C=O) groups is 1. The molecule has 5 heteroatoms. The summed E-state index contributed by atoms with van der Waals surface area (Å²) in [7, 11) is 0. The molecular formula is C9H10FN3O. The van der Waals surface area contributed by atoms with Crippen molar-refractivity contribution >= 4 is 17.4 Å². The van der Waals surface area contributed by atoms with Crippen LogP contribution in [0.5, 0.6) is 0 Å². The second-order valence-electron chi connectivity index (χ2n) is 2.79. The Morgan fingerprint density at radius 3 is 2.64 bits per heavy atom. The molecule has 0 atom stereocenters. The van der Waals surface area contributed by atoms with Gasteiger partial charge in [-0.1, -0.05) is 0 Å². The molecule has 1 aromatic carbocycles. The number of hydrogen-bond acceptors (Lipinski definition) is 2. The molecule has 1 amide bonds. The summed E-state index contributed by atoms with van der Waals surface area (Å²) in [6, 6.07) is 3.96. The average Bonchev–Trinajstić information content (AvgIpc) is 2.01. The summed E-state index contributed by atoms with van der Waals surface area (Å²) < 4.78 is 13.2. The van der Waals surface area contributed by atoms with Gasteiger partial charge in [-0.2, -0.15) is 0 Å². The third-order valence-corrected chi connectivity index (χ3v) is 1.58. The molecule has 1 aromatic rings. The molecule has 0 aromatic heterocycles. The number of nitrogen functional groups attached to an aromatic ring is 1. The van der Waals surface area contributed by atoms with Crippen molar-refractivity contribution in [3.05, 3.63) is 29.6 Å². The van der Waals surface area contributed by atoms with E-state index < -0.39 is 5.82 Å². The summed E-state index contributed by atoms with van der Waals surface area (Å²) >= 11 is 0. The molecule has 0 saturated heterocycles. The van der Waals surface area contributed by atoms with Crippen LogP contribution >= 0.6 is 0 Å². The van der Waals surface area contributed by atoms with Gasteiger partial charge in [-0.05, 0) is 18.2 Å². The van der Waals surface area contributed by atoms with Crippen molar-refractivity contribution in [2.45, 2.75) is 6.92 Å². The zero-order chi connectivity index (χ0) is 10.7. The second-order valence-corrected chi connectivity index (χ2v) is 2.79. The van der Waals surface area contributed by atoms with E-state index in [0.29, 0.717) is 5.69 Å². The van der Waals surface area contributed by atoms with Crippen LogP contribution in [0.1, 0.15) is 12.5 Å². The lowest BCUT2D eigenvalue weighted by atomic mass is 10.2. The molecule has 0 unspecified atom stereocenters. The topological polar surface area (TPSA) is 79.0 Å². The maximum absolute atomic E-state index is 13.2. The molecule has 14 heavy (non-hydrogen) atoms. The molecule has 0 aliphatic heterocycles. The average molecular weight is 195 g/mol. The van der Waals surface area contributed by atoms with Gasteiger partial charge in [0.05, 0.1) is 5.56 Å². The van der Waals surface area contributed by atoms with Crippen LogP contribution in [0.25, 0.3) is 0 Å². The highest BCUT2D eigenvalue weighted by molar-refractivity contribution is 5.96. The number of nitrogens with one attached hydrogen (secondary N) is 2. The molecule has 0 heterocycles. The maximum Gasteiger partial charge on any atom is 0.221 e. The van der Waals surface area contributed by atoms with Crippen LogP contribution in [-0.2, 0) is 4.79 Å². The van der Waals surface area contributed by atoms with E-state index in [1.165, 1.54) is 19.1 Å². The number of amides is 1. The Bertz CT molecular complexity index is 390. The molecule has 0 saturated carbocycles. The Hall–Kier alpha value is -1.91. The second kappa shape index (κ2) is 3.87. The van der Waals surface area contributed by atoms with Crippen molar-refractivity contribution in [2.24, 2.45) is 5.73 Å². The van der Waals surface area contributed by atoms with Gasteiger partial charge >= 0.3 is 0 Å². The minimum atomic E-state index is -0.622. The van der Waals surface area contributed by atoms with Crippen LogP contribution in [0.4, 0.5) is 10.1 Å². The Balaban J connectivity index is 3.00. The van der Waals surface area contributed by atoms with Crippen molar-refractivity contribution in [3.8, 4) is 0 Å². The zero-order valence-corrected chi connectivity index (χ0v) is 7.60. The highest BCUT2D eigenvalue weighted by Gasteiger charge is 2.06. The Morgan fingerprint density at radius 1 is 1.57 bits per heavy atom. The van der Waals surface area contributed by atoms with E-state index in [0.717, 1.165) is 6.07 Å². The number of benzene rings is 1. The fraction of sp³-hybridized carbons (Fsp3) is 0.111. The van der Waals surface area contributed by atoms with E-state index >= 15 is 0 Å². The Kier molecular flexibility index (Phi) is 2.81. The van der Waals surface area contributed by atoms with E-state index in [-0.39, 0.29) is 17.3 Å². The molecule has 0 spiro atoms. The van der Waals surface area contributed by atoms with Crippen molar-refractivity contribution in [1.29, 1.82) is 5.41 Å². The zero-order valence-electron chi connectivity index (χ0n) is 7.60. The first kappa shape index (κ1) is 10.2. The van der Waals surface area contributed by atoms with Crippen molar-refractivity contribution in [3.63, 3.8) is 0 Å². The van der Waals surface area contributed by atoms with E-state index in [9.17, 15) is 9.18 Å². The number of halogens is 1. The summed E-state index contributed by atoms with van der Waals surface area (Å²) in [6.07, 6.45) is 0. The first-order chi connectivity index (χ1) is 6.50. The highest BCUT2D eigenvalue weighted by atomic mass is 19.1. The number of nitrogens with two attached hydrogens (primary N) is 1. The highest BCUT2D eigenvalue weighted by Crippen LogP contribution is 2.13. The first-order valence-corrected chi connectivity index (χ1v) is 3.92. The number of rotatable bonds is 2. The van der Waals surface area contributed by atoms with E-state index in [4.69, 9.17) is 11.1 Å². The van der Waals surface area contributed by atoms with Gasteiger partial charge in [0.15, 0.2) is 0 Å². The predicted octanol–water partition coefficient (Wildman–Crippen LogP) is 1.07. The van der Waals surface area contributed by atoms with Crippen LogP contribution < -0.4 is 11.1 Å². The van der Waals surface area contributed by atoms with Gasteiger partial charge in [0.2, 0.25) is 5.91 Å². The van der Waals surface area contributed by atoms with Crippen molar-refractivity contribution in [2.75, 3.05) is 5.32 Å². The fourth-order valence-corrected chi connectivity index (χ4v) is 1.01. The number of hydrogen-bond donors (Lipinski definition) is 3. The molecule has 74 valence electrons. The molecule has 0 radical (unpaired) electrons. The van der Waals surface area contributed by atoms with E-state index in [1.807, 2.05) is 0 Å². The molecule has 0 aliphatic rings. The van der Waals surface area contributed by atoms with Crippen molar-refractivity contribution < 1.29 is 9.18 Å². The van der Waals surface area contributed by atoms with Gasteiger partial charge in [0, 0.05) is 12.6 Å². The Morgan fingerprint density at radius 2 is 2.21 bits per heavy atom. The lowest BCUT2D eigenvalue weighted by molar-refractivity contribution is -0.114. The summed E-state index contributed by atoms with van der Waals surface area (Å²) in [6.45, 7) is 1.33. The molecule has 0 fully saturated rings. The lowest BCUT2D eigenvalue weighted by Gasteiger charge is -2.04. The third kappa shape index (κ3) is 2.29.